The van der Waals surface area contributed by atoms with Crippen LogP contribution in [0.2, 0.25) is 0 Å². The highest BCUT2D eigenvalue weighted by atomic mass is 16.2. The molecule has 26 heavy (non-hydrogen) atoms. The Morgan fingerprint density at radius 3 is 2.73 bits per heavy atom. The first kappa shape index (κ1) is 18.2. The van der Waals surface area contributed by atoms with Crippen LogP contribution in [0.3, 0.4) is 0 Å². The van der Waals surface area contributed by atoms with Crippen LogP contribution in [0.25, 0.3) is 0 Å². The number of nitrogens with zero attached hydrogens (tertiary/aromatic N) is 2. The van der Waals surface area contributed by atoms with Crippen LogP contribution in [0.15, 0.2) is 30.3 Å². The summed E-state index contributed by atoms with van der Waals surface area (Å²) in [5.41, 5.74) is 4.30. The molecule has 1 aliphatic rings. The zero-order chi connectivity index (χ0) is 18.5. The summed E-state index contributed by atoms with van der Waals surface area (Å²) in [6, 6.07) is 10.0. The lowest BCUT2D eigenvalue weighted by Gasteiger charge is -2.17. The molecule has 0 radical (unpaired) electrons. The summed E-state index contributed by atoms with van der Waals surface area (Å²) in [6.07, 6.45) is 2.23. The number of carbonyl (C=O) groups excluding carboxylic acids is 2. The summed E-state index contributed by atoms with van der Waals surface area (Å²) in [7, 11) is 0. The van der Waals surface area contributed by atoms with E-state index in [0.717, 1.165) is 23.4 Å². The van der Waals surface area contributed by atoms with Crippen LogP contribution in [-0.4, -0.2) is 46.0 Å². The summed E-state index contributed by atoms with van der Waals surface area (Å²) in [4.78, 5) is 26.2. The smallest absolute Gasteiger partial charge is 0.224 e. The number of aromatic nitrogens is 2. The van der Waals surface area contributed by atoms with E-state index in [9.17, 15) is 9.59 Å². The molecule has 6 nitrogen and oxygen atoms in total. The van der Waals surface area contributed by atoms with Gasteiger partial charge in [-0.3, -0.25) is 14.7 Å². The molecular weight excluding hydrogens is 328 g/mol. The van der Waals surface area contributed by atoms with E-state index < -0.39 is 0 Å². The fourth-order valence-corrected chi connectivity index (χ4v) is 3.30. The van der Waals surface area contributed by atoms with Crippen molar-refractivity contribution >= 4 is 11.8 Å². The van der Waals surface area contributed by atoms with E-state index in [-0.39, 0.29) is 17.9 Å². The minimum atomic E-state index is -0.0900. The number of amides is 2. The quantitative estimate of drug-likeness (QED) is 0.797. The van der Waals surface area contributed by atoms with Gasteiger partial charge in [-0.05, 0) is 31.4 Å². The van der Waals surface area contributed by atoms with Crippen molar-refractivity contribution in [2.45, 2.75) is 45.6 Å². The SMILES string of the molecule is Cc1[nH]nc(CCC(=O)N[C@H]2CC(=O)N(CCc3ccccc3)C2)c1C. The van der Waals surface area contributed by atoms with Crippen LogP contribution < -0.4 is 5.32 Å². The Hall–Kier alpha value is -2.63. The molecule has 0 unspecified atom stereocenters. The van der Waals surface area contributed by atoms with E-state index in [1.54, 1.807) is 0 Å². The van der Waals surface area contributed by atoms with E-state index in [1.165, 1.54) is 5.56 Å². The van der Waals surface area contributed by atoms with Crippen LogP contribution in [0.5, 0.6) is 0 Å². The third-order valence-electron chi connectivity index (χ3n) is 5.04. The predicted octanol–water partition coefficient (Wildman–Crippen LogP) is 1.92. The third kappa shape index (κ3) is 4.50. The van der Waals surface area contributed by atoms with Crippen LogP contribution in [-0.2, 0) is 22.4 Å². The molecule has 2 amide bonds. The standard InChI is InChI=1S/C20H26N4O2/c1-14-15(2)22-23-18(14)8-9-19(25)21-17-12-20(26)24(13-17)11-10-16-6-4-3-5-7-16/h3-7,17H,8-13H2,1-2H3,(H,21,25)(H,22,23)/t17-/m0/s1. The van der Waals surface area contributed by atoms with Crippen molar-refractivity contribution in [3.05, 3.63) is 52.8 Å². The molecule has 0 spiro atoms. The van der Waals surface area contributed by atoms with Gasteiger partial charge < -0.3 is 10.2 Å². The lowest BCUT2D eigenvalue weighted by Crippen LogP contribution is -2.37. The minimum absolute atomic E-state index is 0.0206. The molecule has 0 aliphatic carbocycles. The van der Waals surface area contributed by atoms with Gasteiger partial charge in [0.1, 0.15) is 0 Å². The average molecular weight is 354 g/mol. The molecule has 1 saturated heterocycles. The van der Waals surface area contributed by atoms with Crippen LogP contribution in [0.1, 0.15) is 35.4 Å². The second kappa shape index (κ2) is 8.17. The minimum Gasteiger partial charge on any atom is -0.351 e. The van der Waals surface area contributed by atoms with E-state index in [1.807, 2.05) is 36.9 Å². The maximum absolute atomic E-state index is 12.2. The Morgan fingerprint density at radius 2 is 2.04 bits per heavy atom. The molecule has 1 aliphatic heterocycles. The van der Waals surface area contributed by atoms with Crippen molar-refractivity contribution in [3.8, 4) is 0 Å². The predicted molar refractivity (Wildman–Crippen MR) is 99.7 cm³/mol. The topological polar surface area (TPSA) is 78.1 Å². The number of rotatable bonds is 7. The van der Waals surface area contributed by atoms with Gasteiger partial charge in [-0.15, -0.1) is 0 Å². The molecule has 1 aromatic heterocycles. The van der Waals surface area contributed by atoms with Crippen molar-refractivity contribution < 1.29 is 9.59 Å². The highest BCUT2D eigenvalue weighted by Gasteiger charge is 2.30. The van der Waals surface area contributed by atoms with E-state index in [0.29, 0.717) is 32.4 Å². The number of aryl methyl sites for hydroxylation is 2. The lowest BCUT2D eigenvalue weighted by molar-refractivity contribution is -0.127. The summed E-state index contributed by atoms with van der Waals surface area (Å²) in [5.74, 6) is 0.0952. The van der Waals surface area contributed by atoms with Crippen molar-refractivity contribution in [1.29, 1.82) is 0 Å². The van der Waals surface area contributed by atoms with Gasteiger partial charge >= 0.3 is 0 Å². The Bertz CT molecular complexity index is 769. The molecular formula is C20H26N4O2. The maximum Gasteiger partial charge on any atom is 0.224 e. The number of benzene rings is 1. The van der Waals surface area contributed by atoms with Gasteiger partial charge in [-0.2, -0.15) is 5.10 Å². The summed E-state index contributed by atoms with van der Waals surface area (Å²) >= 11 is 0. The molecule has 0 bridgehead atoms. The maximum atomic E-state index is 12.2. The molecule has 2 N–H and O–H groups in total. The second-order valence-electron chi connectivity index (χ2n) is 6.96. The van der Waals surface area contributed by atoms with Gasteiger partial charge in [0.05, 0.1) is 11.7 Å². The first-order valence-corrected chi connectivity index (χ1v) is 9.14. The number of carbonyl (C=O) groups is 2. The van der Waals surface area contributed by atoms with Gasteiger partial charge in [0.2, 0.25) is 11.8 Å². The molecule has 138 valence electrons. The fourth-order valence-electron chi connectivity index (χ4n) is 3.30. The fraction of sp³-hybridized carbons (Fsp3) is 0.450. The summed E-state index contributed by atoms with van der Waals surface area (Å²) in [6.45, 7) is 5.27. The van der Waals surface area contributed by atoms with Crippen LogP contribution in [0, 0.1) is 13.8 Å². The largest absolute Gasteiger partial charge is 0.351 e. The third-order valence-corrected chi connectivity index (χ3v) is 5.04. The monoisotopic (exact) mass is 354 g/mol. The normalized spacial score (nSPS) is 16.9. The molecule has 1 atom stereocenters. The molecule has 3 rings (SSSR count). The Labute approximate surface area is 154 Å². The van der Waals surface area contributed by atoms with E-state index in [4.69, 9.17) is 0 Å². The number of hydrogen-bond donors (Lipinski definition) is 2. The Morgan fingerprint density at radius 1 is 1.27 bits per heavy atom. The average Bonchev–Trinajstić information content (AvgIpc) is 3.14. The zero-order valence-electron chi connectivity index (χ0n) is 15.4. The van der Waals surface area contributed by atoms with Crippen LogP contribution in [0.4, 0.5) is 0 Å². The molecule has 0 saturated carbocycles. The van der Waals surface area contributed by atoms with E-state index in [2.05, 4.69) is 27.6 Å². The Balaban J connectivity index is 1.43. The van der Waals surface area contributed by atoms with Gasteiger partial charge in [0, 0.05) is 38.0 Å². The Kier molecular flexibility index (Phi) is 5.71. The number of aromatic amines is 1. The van der Waals surface area contributed by atoms with Gasteiger partial charge in [-0.25, -0.2) is 0 Å². The lowest BCUT2D eigenvalue weighted by atomic mass is 10.1. The van der Waals surface area contributed by atoms with Gasteiger partial charge in [-0.1, -0.05) is 30.3 Å². The van der Waals surface area contributed by atoms with Crippen molar-refractivity contribution in [2.24, 2.45) is 0 Å². The number of H-pyrrole nitrogens is 1. The van der Waals surface area contributed by atoms with Gasteiger partial charge in [0.25, 0.3) is 0 Å². The number of nitrogens with one attached hydrogen (secondary N) is 2. The highest BCUT2D eigenvalue weighted by molar-refractivity contribution is 5.82. The van der Waals surface area contributed by atoms with Crippen molar-refractivity contribution in [2.75, 3.05) is 13.1 Å². The highest BCUT2D eigenvalue weighted by Crippen LogP contribution is 2.14. The molecule has 2 heterocycles. The van der Waals surface area contributed by atoms with Crippen LogP contribution >= 0.6 is 0 Å². The molecule has 6 heteroatoms. The second-order valence-corrected chi connectivity index (χ2v) is 6.96. The van der Waals surface area contributed by atoms with Gasteiger partial charge in [0.15, 0.2) is 0 Å². The molecule has 2 aromatic rings. The molecule has 1 fully saturated rings. The summed E-state index contributed by atoms with van der Waals surface area (Å²) < 4.78 is 0. The number of likely N-dealkylation sites (tertiary alicyclic amines) is 1. The first-order chi connectivity index (χ1) is 12.5. The summed E-state index contributed by atoms with van der Waals surface area (Å²) in [5, 5.41) is 10.2. The number of hydrogen-bond acceptors (Lipinski definition) is 3. The first-order valence-electron chi connectivity index (χ1n) is 9.14. The van der Waals surface area contributed by atoms with Crippen molar-refractivity contribution in [1.82, 2.24) is 20.4 Å². The molecule has 1 aromatic carbocycles. The zero-order valence-corrected chi connectivity index (χ0v) is 15.4. The van der Waals surface area contributed by atoms with E-state index >= 15 is 0 Å². The van der Waals surface area contributed by atoms with Crippen molar-refractivity contribution in [3.63, 3.8) is 0 Å².